The van der Waals surface area contributed by atoms with E-state index in [1.165, 1.54) is 6.92 Å². The standard InChI is InChI=1S/C27H40N2O7Si/c1-18(30)29-23-25(33)24(32)22(36-26(23)35-17-19(31)16-28)14-15-27(2,3)37(34,20-10-6-4-7-11-20)21-12-8-5-9-13-21/h4-13,19,22-26,31-34H,14-17,28H2,1-3H3,(H,29,30). The minimum Gasteiger partial charge on any atom is -0.424 e. The van der Waals surface area contributed by atoms with E-state index in [1.54, 1.807) is 0 Å². The number of hydrogen-bond donors (Lipinski definition) is 6. The van der Waals surface area contributed by atoms with Crippen molar-refractivity contribution in [3.63, 3.8) is 0 Å². The molecule has 1 amide bonds. The van der Waals surface area contributed by atoms with Crippen molar-refractivity contribution in [3.8, 4) is 0 Å². The van der Waals surface area contributed by atoms with Gasteiger partial charge in [-0.05, 0) is 28.3 Å². The number of benzene rings is 2. The van der Waals surface area contributed by atoms with Gasteiger partial charge in [0.15, 0.2) is 6.29 Å². The van der Waals surface area contributed by atoms with Gasteiger partial charge in [0.05, 0.1) is 18.8 Å². The lowest BCUT2D eigenvalue weighted by molar-refractivity contribution is -0.270. The summed E-state index contributed by atoms with van der Waals surface area (Å²) in [6.07, 6.45) is -4.75. The maximum atomic E-state index is 12.4. The molecular formula is C27H40N2O7Si. The Morgan fingerprint density at radius 2 is 1.62 bits per heavy atom. The number of aliphatic hydroxyl groups excluding tert-OH is 3. The minimum absolute atomic E-state index is 0.0253. The molecule has 3 rings (SSSR count). The maximum Gasteiger partial charge on any atom is 0.258 e. The van der Waals surface area contributed by atoms with E-state index < -0.39 is 56.0 Å². The van der Waals surface area contributed by atoms with Crippen LogP contribution in [-0.4, -0.2) is 84.2 Å². The van der Waals surface area contributed by atoms with Crippen LogP contribution in [0.1, 0.15) is 33.6 Å². The monoisotopic (exact) mass is 532 g/mol. The van der Waals surface area contributed by atoms with Gasteiger partial charge in [-0.2, -0.15) is 0 Å². The second kappa shape index (κ2) is 12.6. The van der Waals surface area contributed by atoms with Crippen molar-refractivity contribution in [2.75, 3.05) is 13.2 Å². The molecular weight excluding hydrogens is 492 g/mol. The predicted molar refractivity (Wildman–Crippen MR) is 143 cm³/mol. The zero-order valence-corrected chi connectivity index (χ0v) is 22.7. The van der Waals surface area contributed by atoms with Crippen LogP contribution in [0.3, 0.4) is 0 Å². The highest BCUT2D eigenvalue weighted by atomic mass is 28.4. The van der Waals surface area contributed by atoms with E-state index >= 15 is 0 Å². The highest BCUT2D eigenvalue weighted by Crippen LogP contribution is 2.41. The molecule has 0 saturated carbocycles. The molecule has 2 aromatic carbocycles. The largest absolute Gasteiger partial charge is 0.424 e. The molecule has 0 spiro atoms. The number of ether oxygens (including phenoxy) is 2. The number of hydrogen-bond acceptors (Lipinski definition) is 8. The highest BCUT2D eigenvalue weighted by molar-refractivity contribution is 6.98. The Kier molecular flexibility index (Phi) is 10.0. The molecule has 1 saturated heterocycles. The van der Waals surface area contributed by atoms with E-state index in [4.69, 9.17) is 15.2 Å². The Morgan fingerprint density at radius 1 is 1.08 bits per heavy atom. The van der Waals surface area contributed by atoms with Crippen LogP contribution >= 0.6 is 0 Å². The molecule has 7 N–H and O–H groups in total. The van der Waals surface area contributed by atoms with Crippen LogP contribution in [0, 0.1) is 0 Å². The predicted octanol–water partition coefficient (Wildman–Crippen LogP) is -0.413. The summed E-state index contributed by atoms with van der Waals surface area (Å²) < 4.78 is 11.7. The number of aliphatic hydroxyl groups is 3. The third kappa shape index (κ3) is 6.65. The molecule has 0 aromatic heterocycles. The van der Waals surface area contributed by atoms with Gasteiger partial charge >= 0.3 is 0 Å². The van der Waals surface area contributed by atoms with E-state index in [-0.39, 0.29) is 13.2 Å². The van der Waals surface area contributed by atoms with E-state index in [2.05, 4.69) is 5.32 Å². The third-order valence-electron chi connectivity index (χ3n) is 7.21. The lowest BCUT2D eigenvalue weighted by Crippen LogP contribution is -2.66. The molecule has 6 unspecified atom stereocenters. The van der Waals surface area contributed by atoms with Crippen LogP contribution in [0.5, 0.6) is 0 Å². The molecule has 1 heterocycles. The van der Waals surface area contributed by atoms with Crippen molar-refractivity contribution < 1.29 is 34.4 Å². The SMILES string of the molecule is CC(=O)NC1C(OCC(O)CN)OC(CCC(C)(C)[Si](O)(c2ccccc2)c2ccccc2)C(O)C1O. The molecule has 0 aliphatic carbocycles. The average molecular weight is 533 g/mol. The van der Waals surface area contributed by atoms with Crippen LogP contribution < -0.4 is 21.4 Å². The van der Waals surface area contributed by atoms with E-state index in [0.29, 0.717) is 12.8 Å². The zero-order valence-electron chi connectivity index (χ0n) is 21.7. The first-order valence-electron chi connectivity index (χ1n) is 12.6. The minimum atomic E-state index is -3.28. The van der Waals surface area contributed by atoms with Gasteiger partial charge in [0.25, 0.3) is 8.32 Å². The molecule has 9 nitrogen and oxygen atoms in total. The molecule has 0 radical (unpaired) electrons. The number of amides is 1. The highest BCUT2D eigenvalue weighted by Gasteiger charge is 2.51. The quantitative estimate of drug-likeness (QED) is 0.213. The Bertz CT molecular complexity index is 955. The smallest absolute Gasteiger partial charge is 0.258 e. The van der Waals surface area contributed by atoms with Gasteiger partial charge in [-0.25, -0.2) is 0 Å². The fourth-order valence-corrected chi connectivity index (χ4v) is 8.72. The fourth-order valence-electron chi connectivity index (χ4n) is 4.97. The Hall–Kier alpha value is -2.15. The van der Waals surface area contributed by atoms with Gasteiger partial charge in [0.2, 0.25) is 5.91 Å². The lowest BCUT2D eigenvalue weighted by atomic mass is 9.92. The van der Waals surface area contributed by atoms with Crippen LogP contribution in [0.4, 0.5) is 0 Å². The van der Waals surface area contributed by atoms with Crippen LogP contribution in [0.25, 0.3) is 0 Å². The van der Waals surface area contributed by atoms with E-state index in [0.717, 1.165) is 10.4 Å². The zero-order chi connectivity index (χ0) is 27.2. The van der Waals surface area contributed by atoms with E-state index in [1.807, 2.05) is 74.5 Å². The van der Waals surface area contributed by atoms with Crippen molar-refractivity contribution in [2.24, 2.45) is 5.73 Å². The number of rotatable bonds is 11. The van der Waals surface area contributed by atoms with Crippen molar-refractivity contribution in [2.45, 2.75) is 75.4 Å². The van der Waals surface area contributed by atoms with E-state index in [9.17, 15) is 24.9 Å². The number of carbonyl (C=O) groups is 1. The van der Waals surface area contributed by atoms with Gasteiger partial charge < -0.3 is 40.6 Å². The van der Waals surface area contributed by atoms with Gasteiger partial charge in [-0.15, -0.1) is 0 Å². The second-order valence-electron chi connectivity index (χ2n) is 10.3. The van der Waals surface area contributed by atoms with Crippen molar-refractivity contribution >= 4 is 24.6 Å². The first kappa shape index (κ1) is 29.4. The van der Waals surface area contributed by atoms with Crippen LogP contribution in [0.2, 0.25) is 5.04 Å². The summed E-state index contributed by atoms with van der Waals surface area (Å²) in [4.78, 5) is 24.1. The average Bonchev–Trinajstić information content (AvgIpc) is 2.90. The van der Waals surface area contributed by atoms with Crippen molar-refractivity contribution in [1.29, 1.82) is 0 Å². The summed E-state index contributed by atoms with van der Waals surface area (Å²) in [6.45, 7) is 5.13. The Balaban J connectivity index is 1.84. The molecule has 204 valence electrons. The second-order valence-corrected chi connectivity index (χ2v) is 14.3. The normalized spacial score (nSPS) is 25.5. The molecule has 1 aliphatic rings. The van der Waals surface area contributed by atoms with Crippen molar-refractivity contribution in [1.82, 2.24) is 5.32 Å². The van der Waals surface area contributed by atoms with Gasteiger partial charge in [-0.3, -0.25) is 4.79 Å². The number of nitrogens with two attached hydrogens (primary N) is 1. The molecule has 0 bridgehead atoms. The van der Waals surface area contributed by atoms with Crippen molar-refractivity contribution in [3.05, 3.63) is 60.7 Å². The molecule has 37 heavy (non-hydrogen) atoms. The topological polar surface area (TPSA) is 154 Å². The van der Waals surface area contributed by atoms with Crippen LogP contribution in [0.15, 0.2) is 60.7 Å². The first-order chi connectivity index (χ1) is 17.5. The summed E-state index contributed by atoms with van der Waals surface area (Å²) in [5.74, 6) is -0.422. The fraction of sp³-hybridized carbons (Fsp3) is 0.519. The van der Waals surface area contributed by atoms with Gasteiger partial charge in [0, 0.05) is 13.5 Å². The van der Waals surface area contributed by atoms with Crippen LogP contribution in [-0.2, 0) is 14.3 Å². The number of nitrogens with one attached hydrogen (secondary N) is 1. The number of carbonyl (C=O) groups excluding carboxylic acids is 1. The Morgan fingerprint density at radius 3 is 2.11 bits per heavy atom. The molecule has 1 fully saturated rings. The third-order valence-corrected chi connectivity index (χ3v) is 11.8. The first-order valence-corrected chi connectivity index (χ1v) is 14.6. The van der Waals surface area contributed by atoms with Gasteiger partial charge in [0.1, 0.15) is 18.2 Å². The summed E-state index contributed by atoms with van der Waals surface area (Å²) in [5.41, 5.74) is 5.46. The van der Waals surface area contributed by atoms with Gasteiger partial charge in [-0.1, -0.05) is 74.5 Å². The summed E-state index contributed by atoms with van der Waals surface area (Å²) in [5, 5.41) is 35.3. The molecule has 1 aliphatic heterocycles. The Labute approximate surface area is 219 Å². The molecule has 6 atom stereocenters. The molecule has 2 aromatic rings. The summed E-state index contributed by atoms with van der Waals surface area (Å²) in [6, 6.07) is 18.2. The maximum absolute atomic E-state index is 12.4. The lowest BCUT2D eigenvalue weighted by Gasteiger charge is -2.45. The summed E-state index contributed by atoms with van der Waals surface area (Å²) in [7, 11) is -3.28. The molecule has 10 heteroatoms. The summed E-state index contributed by atoms with van der Waals surface area (Å²) >= 11 is 0.